The van der Waals surface area contributed by atoms with Gasteiger partial charge < -0.3 is 0 Å². The Labute approximate surface area is 149 Å². The molecule has 24 heavy (non-hydrogen) atoms. The summed E-state index contributed by atoms with van der Waals surface area (Å²) in [6.45, 7) is 4.74. The predicted molar refractivity (Wildman–Crippen MR) is 99.8 cm³/mol. The highest BCUT2D eigenvalue weighted by molar-refractivity contribution is 5.96. The largest absolute Gasteiger partial charge is 0.298 e. The van der Waals surface area contributed by atoms with Crippen molar-refractivity contribution in [3.8, 4) is 0 Å². The van der Waals surface area contributed by atoms with Gasteiger partial charge in [-0.25, -0.2) is 0 Å². The summed E-state index contributed by atoms with van der Waals surface area (Å²) in [5, 5.41) is 0. The maximum absolute atomic E-state index is 13.2. The second-order valence-electron chi connectivity index (χ2n) is 10.3. The molecular formula is C23H38O. The molecule has 0 aromatic carbocycles. The Bertz CT molecular complexity index is 454. The van der Waals surface area contributed by atoms with Crippen molar-refractivity contribution in [2.75, 3.05) is 0 Å². The van der Waals surface area contributed by atoms with E-state index >= 15 is 0 Å². The molecule has 136 valence electrons. The van der Waals surface area contributed by atoms with Gasteiger partial charge in [-0.2, -0.15) is 0 Å². The molecule has 0 radical (unpaired) electrons. The molecule has 4 fully saturated rings. The Morgan fingerprint density at radius 2 is 1.29 bits per heavy atom. The minimum atomic E-state index is 0.150. The normalized spacial score (nSPS) is 49.3. The molecule has 4 rings (SSSR count). The van der Waals surface area contributed by atoms with E-state index in [4.69, 9.17) is 0 Å². The van der Waals surface area contributed by atoms with Crippen LogP contribution in [0.15, 0.2) is 0 Å². The van der Waals surface area contributed by atoms with Gasteiger partial charge in [-0.05, 0) is 94.3 Å². The molecule has 4 aliphatic rings. The van der Waals surface area contributed by atoms with E-state index in [-0.39, 0.29) is 10.8 Å². The minimum Gasteiger partial charge on any atom is -0.298 e. The van der Waals surface area contributed by atoms with Gasteiger partial charge in [0.05, 0.1) is 0 Å². The first-order valence-electron chi connectivity index (χ1n) is 11.1. The van der Waals surface area contributed by atoms with Crippen LogP contribution < -0.4 is 0 Å². The Kier molecular flexibility index (Phi) is 4.59. The fourth-order valence-corrected chi connectivity index (χ4v) is 7.13. The van der Waals surface area contributed by atoms with Crippen LogP contribution in [0.2, 0.25) is 0 Å². The predicted octanol–water partition coefficient (Wildman–Crippen LogP) is 6.55. The van der Waals surface area contributed by atoms with Crippen molar-refractivity contribution < 1.29 is 4.79 Å². The van der Waals surface area contributed by atoms with Crippen LogP contribution in [-0.4, -0.2) is 5.78 Å². The fraction of sp³-hybridized carbons (Fsp3) is 0.957. The van der Waals surface area contributed by atoms with Crippen molar-refractivity contribution >= 4 is 5.78 Å². The van der Waals surface area contributed by atoms with E-state index in [0.717, 1.165) is 29.5 Å². The first-order valence-corrected chi connectivity index (χ1v) is 11.1. The van der Waals surface area contributed by atoms with Gasteiger partial charge in [0.15, 0.2) is 0 Å². The highest BCUT2D eigenvalue weighted by atomic mass is 16.1. The summed E-state index contributed by atoms with van der Waals surface area (Å²) in [4.78, 5) is 13.2. The third-order valence-electron chi connectivity index (χ3n) is 8.99. The van der Waals surface area contributed by atoms with Crippen molar-refractivity contribution in [1.29, 1.82) is 0 Å². The number of carbonyl (C=O) groups excluding carboxylic acids is 1. The Morgan fingerprint density at radius 1 is 0.792 bits per heavy atom. The van der Waals surface area contributed by atoms with E-state index in [1.807, 2.05) is 0 Å². The van der Waals surface area contributed by atoms with Gasteiger partial charge in [-0.3, -0.25) is 4.79 Å². The second kappa shape index (κ2) is 6.44. The van der Waals surface area contributed by atoms with Gasteiger partial charge in [-0.1, -0.05) is 33.1 Å². The quantitative estimate of drug-likeness (QED) is 0.561. The second-order valence-corrected chi connectivity index (χ2v) is 10.3. The molecule has 0 bridgehead atoms. The molecule has 0 N–H and O–H groups in total. The van der Waals surface area contributed by atoms with Crippen molar-refractivity contribution in [3.05, 3.63) is 0 Å². The number of hydrogen-bond acceptors (Lipinski definition) is 1. The summed E-state index contributed by atoms with van der Waals surface area (Å²) in [6.07, 6.45) is 18.7. The van der Waals surface area contributed by atoms with Crippen molar-refractivity contribution in [1.82, 2.24) is 0 Å². The molecule has 0 aromatic rings. The zero-order valence-electron chi connectivity index (χ0n) is 16.1. The highest BCUT2D eigenvalue weighted by Crippen LogP contribution is 2.64. The molecule has 1 heteroatoms. The Morgan fingerprint density at radius 3 is 1.79 bits per heavy atom. The number of ketones is 1. The summed E-state index contributed by atoms with van der Waals surface area (Å²) >= 11 is 0. The lowest BCUT2D eigenvalue weighted by atomic mass is 9.43. The minimum absolute atomic E-state index is 0.150. The summed E-state index contributed by atoms with van der Waals surface area (Å²) in [6, 6.07) is 0. The van der Waals surface area contributed by atoms with Crippen LogP contribution in [0.4, 0.5) is 0 Å². The van der Waals surface area contributed by atoms with Crippen LogP contribution in [0.5, 0.6) is 0 Å². The average molecular weight is 331 g/mol. The molecular weight excluding hydrogens is 292 g/mol. The van der Waals surface area contributed by atoms with Crippen molar-refractivity contribution in [2.24, 2.45) is 34.5 Å². The number of rotatable bonds is 2. The molecule has 0 heterocycles. The molecule has 4 saturated carbocycles. The maximum atomic E-state index is 13.2. The SMILES string of the molecule is CCC1CC[C@]2(CC1)C[C@@]1(CC[C@H](C3CCC(C)CC3)CC1)C2=O. The van der Waals surface area contributed by atoms with Crippen LogP contribution in [0.1, 0.15) is 104 Å². The zero-order valence-corrected chi connectivity index (χ0v) is 16.1. The van der Waals surface area contributed by atoms with E-state index in [1.54, 1.807) is 0 Å². The molecule has 0 aliphatic heterocycles. The Hall–Kier alpha value is -0.330. The summed E-state index contributed by atoms with van der Waals surface area (Å²) in [5.74, 6) is 4.53. The lowest BCUT2D eigenvalue weighted by Gasteiger charge is -2.59. The molecule has 4 aliphatic carbocycles. The Balaban J connectivity index is 1.31. The van der Waals surface area contributed by atoms with Gasteiger partial charge >= 0.3 is 0 Å². The third kappa shape index (κ3) is 2.78. The molecule has 0 amide bonds. The lowest BCUT2D eigenvalue weighted by Crippen LogP contribution is -2.59. The highest BCUT2D eigenvalue weighted by Gasteiger charge is 2.63. The van der Waals surface area contributed by atoms with Crippen LogP contribution in [-0.2, 0) is 4.79 Å². The smallest absolute Gasteiger partial charge is 0.145 e. The first kappa shape index (κ1) is 17.1. The lowest BCUT2D eigenvalue weighted by molar-refractivity contribution is -0.169. The fourth-order valence-electron chi connectivity index (χ4n) is 7.13. The van der Waals surface area contributed by atoms with Gasteiger partial charge in [0.25, 0.3) is 0 Å². The molecule has 0 saturated heterocycles. The van der Waals surface area contributed by atoms with Crippen LogP contribution in [0.3, 0.4) is 0 Å². The van der Waals surface area contributed by atoms with E-state index < -0.39 is 0 Å². The number of Topliss-reactive ketones (excluding diaryl/α,β-unsaturated/α-hetero) is 1. The molecule has 0 atom stereocenters. The van der Waals surface area contributed by atoms with E-state index in [1.165, 1.54) is 89.9 Å². The summed E-state index contributed by atoms with van der Waals surface area (Å²) < 4.78 is 0. The third-order valence-corrected chi connectivity index (χ3v) is 8.99. The summed E-state index contributed by atoms with van der Waals surface area (Å²) in [5.41, 5.74) is 0.302. The van der Waals surface area contributed by atoms with Gasteiger partial charge in [0.2, 0.25) is 0 Å². The summed E-state index contributed by atoms with van der Waals surface area (Å²) in [7, 11) is 0. The molecule has 2 spiro atoms. The molecule has 0 unspecified atom stereocenters. The zero-order chi connectivity index (χ0) is 16.8. The van der Waals surface area contributed by atoms with Gasteiger partial charge in [0, 0.05) is 10.8 Å². The topological polar surface area (TPSA) is 17.1 Å². The standard InChI is InChI=1S/C23H38O/c1-3-18-8-12-22(13-9-18)16-23(21(22)24)14-10-20(11-15-23)19-6-4-17(2)5-7-19/h17-20H,3-16H2,1-2H3/t17?,18?,19?,20-,22-,23-. The van der Waals surface area contributed by atoms with Crippen LogP contribution >= 0.6 is 0 Å². The van der Waals surface area contributed by atoms with Gasteiger partial charge in [-0.15, -0.1) is 0 Å². The van der Waals surface area contributed by atoms with Crippen molar-refractivity contribution in [3.63, 3.8) is 0 Å². The first-order chi connectivity index (χ1) is 11.6. The van der Waals surface area contributed by atoms with Gasteiger partial charge in [0.1, 0.15) is 5.78 Å². The number of carbonyl (C=O) groups is 1. The van der Waals surface area contributed by atoms with E-state index in [2.05, 4.69) is 13.8 Å². The van der Waals surface area contributed by atoms with Crippen molar-refractivity contribution in [2.45, 2.75) is 104 Å². The van der Waals surface area contributed by atoms with E-state index in [9.17, 15) is 4.79 Å². The molecule has 1 nitrogen and oxygen atoms in total. The maximum Gasteiger partial charge on any atom is 0.145 e. The average Bonchev–Trinajstić information content (AvgIpc) is 2.63. The molecule has 0 aromatic heterocycles. The van der Waals surface area contributed by atoms with Crippen LogP contribution in [0.25, 0.3) is 0 Å². The van der Waals surface area contributed by atoms with E-state index in [0.29, 0.717) is 0 Å². The number of hydrogen-bond donors (Lipinski definition) is 0. The monoisotopic (exact) mass is 330 g/mol. The van der Waals surface area contributed by atoms with Crippen LogP contribution in [0, 0.1) is 34.5 Å².